The van der Waals surface area contributed by atoms with Crippen LogP contribution in [-0.4, -0.2) is 18.7 Å². The molecule has 3 aliphatic rings. The number of rotatable bonds is 1. The highest BCUT2D eigenvalue weighted by atomic mass is 16.2. The molecule has 0 fully saturated rings. The lowest BCUT2D eigenvalue weighted by Gasteiger charge is -2.46. The van der Waals surface area contributed by atoms with E-state index in [9.17, 15) is 14.9 Å². The number of Topliss-reactive ketones (excluding diaryl/α,β-unsaturated/α-hetero) is 1. The Morgan fingerprint density at radius 2 is 1.66 bits per heavy atom. The fourth-order valence-corrected chi connectivity index (χ4v) is 5.53. The third kappa shape index (κ3) is 2.39. The van der Waals surface area contributed by atoms with E-state index in [1.165, 1.54) is 4.90 Å². The second-order valence-corrected chi connectivity index (χ2v) is 9.44. The third-order valence-electron chi connectivity index (χ3n) is 6.79. The number of nitrogens with two attached hydrogens (primary N) is 1. The van der Waals surface area contributed by atoms with E-state index >= 15 is 0 Å². The normalized spacial score (nSPS) is 24.1. The molecule has 1 amide bonds. The Bertz CT molecular complexity index is 1280. The molecular formula is C26H24N4O2. The second-order valence-electron chi connectivity index (χ2n) is 9.44. The number of nitriles is 1. The molecule has 2 heterocycles. The summed E-state index contributed by atoms with van der Waals surface area (Å²) >= 11 is 0. The maximum absolute atomic E-state index is 13.9. The van der Waals surface area contributed by atoms with Crippen molar-refractivity contribution in [1.29, 1.82) is 5.26 Å². The summed E-state index contributed by atoms with van der Waals surface area (Å²) in [4.78, 5) is 31.1. The molecule has 2 aliphatic heterocycles. The molecule has 2 aromatic rings. The zero-order valence-corrected chi connectivity index (χ0v) is 18.3. The van der Waals surface area contributed by atoms with Crippen LogP contribution in [0.15, 0.2) is 77.3 Å². The van der Waals surface area contributed by atoms with E-state index in [0.717, 1.165) is 5.69 Å². The molecule has 6 nitrogen and oxygen atoms in total. The van der Waals surface area contributed by atoms with Gasteiger partial charge in [0.15, 0.2) is 5.78 Å². The van der Waals surface area contributed by atoms with Gasteiger partial charge in [-0.25, -0.2) is 0 Å². The topological polar surface area (TPSA) is 90.4 Å². The van der Waals surface area contributed by atoms with Gasteiger partial charge in [-0.05, 0) is 30.0 Å². The fraction of sp³-hybridized carbons (Fsp3) is 0.269. The number of nitrogens with zero attached hydrogens (tertiary/aromatic N) is 3. The largest absolute Gasteiger partial charge is 0.384 e. The lowest BCUT2D eigenvalue weighted by atomic mass is 9.60. The van der Waals surface area contributed by atoms with E-state index in [1.54, 1.807) is 11.9 Å². The lowest BCUT2D eigenvalue weighted by molar-refractivity contribution is -0.124. The number of allylic oxidation sites excluding steroid dienone is 1. The predicted octanol–water partition coefficient (Wildman–Crippen LogP) is 3.76. The Balaban J connectivity index is 1.93. The van der Waals surface area contributed by atoms with Crippen LogP contribution in [0.25, 0.3) is 0 Å². The number of ketones is 1. The molecule has 1 aliphatic carbocycles. The van der Waals surface area contributed by atoms with Crippen molar-refractivity contribution < 1.29 is 9.59 Å². The summed E-state index contributed by atoms with van der Waals surface area (Å²) in [6, 6.07) is 19.1. The van der Waals surface area contributed by atoms with Crippen LogP contribution in [0.2, 0.25) is 0 Å². The fourth-order valence-electron chi connectivity index (χ4n) is 5.53. The molecule has 6 heteroatoms. The molecule has 0 unspecified atom stereocenters. The quantitative estimate of drug-likeness (QED) is 0.753. The van der Waals surface area contributed by atoms with Crippen molar-refractivity contribution in [1.82, 2.24) is 0 Å². The number of carbonyl (C=O) groups excluding carboxylic acids is 2. The van der Waals surface area contributed by atoms with Gasteiger partial charge >= 0.3 is 0 Å². The number of anilines is 2. The van der Waals surface area contributed by atoms with Crippen molar-refractivity contribution in [3.63, 3.8) is 0 Å². The molecule has 1 atom stereocenters. The van der Waals surface area contributed by atoms with Gasteiger partial charge in [0.25, 0.3) is 0 Å². The maximum atomic E-state index is 13.9. The number of hydrogen-bond donors (Lipinski definition) is 1. The first-order valence-corrected chi connectivity index (χ1v) is 10.6. The summed E-state index contributed by atoms with van der Waals surface area (Å²) < 4.78 is 0. The van der Waals surface area contributed by atoms with Crippen molar-refractivity contribution in [3.05, 3.63) is 82.8 Å². The molecule has 2 aromatic carbocycles. The highest BCUT2D eigenvalue weighted by Gasteiger charge is 2.62. The SMILES string of the molecule is CN1C(=O)[C@@]2(C(C#N)=C(N)N(c3ccccc3)C3=C2C(=O)CC(C)(C)C3)c2ccccc21. The van der Waals surface area contributed by atoms with Crippen LogP contribution in [0.4, 0.5) is 11.4 Å². The van der Waals surface area contributed by atoms with Gasteiger partial charge in [-0.2, -0.15) is 5.26 Å². The number of amides is 1. The van der Waals surface area contributed by atoms with E-state index in [4.69, 9.17) is 5.73 Å². The Hall–Kier alpha value is -3.85. The van der Waals surface area contributed by atoms with Gasteiger partial charge in [0.2, 0.25) is 5.91 Å². The number of fused-ring (bicyclic) bond motifs is 3. The van der Waals surface area contributed by atoms with Crippen LogP contribution >= 0.6 is 0 Å². The summed E-state index contributed by atoms with van der Waals surface area (Å²) in [5.41, 5.74) is 8.16. The zero-order valence-electron chi connectivity index (χ0n) is 18.3. The van der Waals surface area contributed by atoms with Crippen molar-refractivity contribution in [2.24, 2.45) is 11.1 Å². The molecule has 0 radical (unpaired) electrons. The Labute approximate surface area is 187 Å². The number of likely N-dealkylation sites (N-methyl/N-ethyl adjacent to an activating group) is 1. The predicted molar refractivity (Wildman–Crippen MR) is 122 cm³/mol. The van der Waals surface area contributed by atoms with Crippen LogP contribution in [0.3, 0.4) is 0 Å². The van der Waals surface area contributed by atoms with Gasteiger partial charge in [-0.1, -0.05) is 50.2 Å². The Kier molecular flexibility index (Phi) is 4.12. The van der Waals surface area contributed by atoms with Gasteiger partial charge in [-0.15, -0.1) is 0 Å². The van der Waals surface area contributed by atoms with Crippen molar-refractivity contribution in [3.8, 4) is 6.07 Å². The summed E-state index contributed by atoms with van der Waals surface area (Å²) in [6.07, 6.45) is 0.858. The van der Waals surface area contributed by atoms with Crippen molar-refractivity contribution >= 4 is 23.1 Å². The first-order chi connectivity index (χ1) is 15.2. The highest BCUT2D eigenvalue weighted by Crippen LogP contribution is 2.58. The first kappa shape index (κ1) is 20.1. The molecule has 5 rings (SSSR count). The standard InChI is InChI=1S/C26H24N4O2/c1-25(2)13-20-22(21(31)14-25)26(17-11-7-8-12-19(17)29(3)24(26)32)18(15-27)23(28)30(20)16-9-5-4-6-10-16/h4-12H,13-14,28H2,1-3H3/t26-/m1/s1. The monoisotopic (exact) mass is 424 g/mol. The van der Waals surface area contributed by atoms with E-state index in [-0.39, 0.29) is 28.5 Å². The number of carbonyl (C=O) groups is 2. The van der Waals surface area contributed by atoms with E-state index in [1.807, 2.05) is 68.4 Å². The summed E-state index contributed by atoms with van der Waals surface area (Å²) in [7, 11) is 1.68. The van der Waals surface area contributed by atoms with Crippen molar-refractivity contribution in [2.75, 3.05) is 16.8 Å². The Morgan fingerprint density at radius 3 is 2.34 bits per heavy atom. The third-order valence-corrected chi connectivity index (χ3v) is 6.79. The molecule has 2 N–H and O–H groups in total. The van der Waals surface area contributed by atoms with Gasteiger partial charge in [0.1, 0.15) is 17.3 Å². The van der Waals surface area contributed by atoms with Gasteiger partial charge in [0.05, 0.1) is 5.57 Å². The number of benzene rings is 2. The molecular weight excluding hydrogens is 400 g/mol. The number of para-hydroxylation sites is 2. The summed E-state index contributed by atoms with van der Waals surface area (Å²) in [5, 5.41) is 10.3. The van der Waals surface area contributed by atoms with E-state index in [0.29, 0.717) is 35.4 Å². The minimum absolute atomic E-state index is 0.106. The van der Waals surface area contributed by atoms with E-state index < -0.39 is 5.41 Å². The van der Waals surface area contributed by atoms with E-state index in [2.05, 4.69) is 6.07 Å². The lowest BCUT2D eigenvalue weighted by Crippen LogP contribution is -2.53. The molecule has 0 aromatic heterocycles. The smallest absolute Gasteiger partial charge is 0.247 e. The number of hydrogen-bond acceptors (Lipinski definition) is 5. The van der Waals surface area contributed by atoms with Crippen LogP contribution < -0.4 is 15.5 Å². The van der Waals surface area contributed by atoms with Crippen molar-refractivity contribution in [2.45, 2.75) is 32.1 Å². The molecule has 0 bridgehead atoms. The van der Waals surface area contributed by atoms with Gasteiger partial charge in [-0.3, -0.25) is 14.5 Å². The average Bonchev–Trinajstić information content (AvgIpc) is 2.97. The minimum Gasteiger partial charge on any atom is -0.384 e. The molecule has 0 saturated carbocycles. The Morgan fingerprint density at radius 1 is 1.00 bits per heavy atom. The summed E-state index contributed by atoms with van der Waals surface area (Å²) in [5.74, 6) is -0.233. The molecule has 0 saturated heterocycles. The van der Waals surface area contributed by atoms with Gasteiger partial charge in [0, 0.05) is 41.7 Å². The maximum Gasteiger partial charge on any atom is 0.247 e. The minimum atomic E-state index is -1.52. The molecule has 160 valence electrons. The average molecular weight is 425 g/mol. The van der Waals surface area contributed by atoms with Crippen LogP contribution in [-0.2, 0) is 15.0 Å². The first-order valence-electron chi connectivity index (χ1n) is 10.6. The second kappa shape index (κ2) is 6.57. The zero-order chi connectivity index (χ0) is 22.8. The van der Waals surface area contributed by atoms with Crippen LogP contribution in [0.5, 0.6) is 0 Å². The summed E-state index contributed by atoms with van der Waals surface area (Å²) in [6.45, 7) is 4.08. The van der Waals surface area contributed by atoms with Gasteiger partial charge < -0.3 is 10.6 Å². The molecule has 1 spiro atoms. The highest BCUT2D eigenvalue weighted by molar-refractivity contribution is 6.20. The van der Waals surface area contributed by atoms with Crippen LogP contribution in [0.1, 0.15) is 32.3 Å². The van der Waals surface area contributed by atoms with Crippen LogP contribution in [0, 0.1) is 16.7 Å². The molecule has 32 heavy (non-hydrogen) atoms.